The molecule has 0 saturated carbocycles. The van der Waals surface area contributed by atoms with E-state index in [0.29, 0.717) is 15.8 Å². The van der Waals surface area contributed by atoms with Crippen molar-refractivity contribution in [3.8, 4) is 0 Å². The maximum atomic E-state index is 12.6. The third-order valence-electron chi connectivity index (χ3n) is 4.62. The number of aromatic nitrogens is 1. The fourth-order valence-corrected chi connectivity index (χ4v) is 4.86. The number of halogens is 1. The molecule has 0 bridgehead atoms. The number of hydrogen-bond acceptors (Lipinski definition) is 5. The molecule has 0 aliphatic rings. The van der Waals surface area contributed by atoms with Crippen molar-refractivity contribution < 1.29 is 9.59 Å². The number of anilines is 2. The van der Waals surface area contributed by atoms with Gasteiger partial charge in [-0.1, -0.05) is 47.2 Å². The van der Waals surface area contributed by atoms with Crippen LogP contribution in [0.5, 0.6) is 0 Å². The lowest BCUT2D eigenvalue weighted by molar-refractivity contribution is -0.116. The Morgan fingerprint density at radius 2 is 1.72 bits per heavy atom. The van der Waals surface area contributed by atoms with Crippen LogP contribution in [0.3, 0.4) is 0 Å². The molecular formula is C24H20ClN3O2S2. The Kier molecular flexibility index (Phi) is 7.09. The van der Waals surface area contributed by atoms with Crippen LogP contribution in [0, 0.1) is 0 Å². The molecule has 0 radical (unpaired) electrons. The van der Waals surface area contributed by atoms with Gasteiger partial charge in [-0.25, -0.2) is 4.98 Å². The number of nitrogens with zero attached hydrogens (tertiary/aromatic N) is 1. The van der Waals surface area contributed by atoms with Crippen molar-refractivity contribution >= 4 is 67.5 Å². The topological polar surface area (TPSA) is 71.1 Å². The maximum absolute atomic E-state index is 12.6. The van der Waals surface area contributed by atoms with Gasteiger partial charge in [-0.15, -0.1) is 11.8 Å². The standard InChI is InChI=1S/C24H20ClN3O2S2/c1-15(23(30)28-24-27-20-4-2-3-5-21(20)32-24)31-19-12-10-18(11-13-19)26-22(29)14-16-6-8-17(25)9-7-16/h2-13,15H,14H2,1H3,(H,26,29)(H,27,28,30). The summed E-state index contributed by atoms with van der Waals surface area (Å²) < 4.78 is 1.04. The van der Waals surface area contributed by atoms with Crippen molar-refractivity contribution in [2.45, 2.75) is 23.5 Å². The summed E-state index contributed by atoms with van der Waals surface area (Å²) >= 11 is 8.78. The van der Waals surface area contributed by atoms with Gasteiger partial charge in [-0.2, -0.15) is 0 Å². The molecule has 0 saturated heterocycles. The summed E-state index contributed by atoms with van der Waals surface area (Å²) in [6.07, 6.45) is 0.274. The second-order valence-corrected chi connectivity index (χ2v) is 9.99. The number of carbonyl (C=O) groups is 2. The Morgan fingerprint density at radius 3 is 2.44 bits per heavy atom. The lowest BCUT2D eigenvalue weighted by Gasteiger charge is -2.11. The summed E-state index contributed by atoms with van der Waals surface area (Å²) in [5.41, 5.74) is 2.48. The average molecular weight is 482 g/mol. The summed E-state index contributed by atoms with van der Waals surface area (Å²) in [4.78, 5) is 30.2. The van der Waals surface area contributed by atoms with E-state index in [2.05, 4.69) is 15.6 Å². The number of nitrogens with one attached hydrogen (secondary N) is 2. The first-order valence-electron chi connectivity index (χ1n) is 9.94. The Hall–Kier alpha value is -2.87. The Bertz CT molecular complexity index is 1210. The largest absolute Gasteiger partial charge is 0.326 e. The fourth-order valence-electron chi connectivity index (χ4n) is 3.00. The second kappa shape index (κ2) is 10.2. The van der Waals surface area contributed by atoms with Gasteiger partial charge >= 0.3 is 0 Å². The zero-order valence-electron chi connectivity index (χ0n) is 17.2. The van der Waals surface area contributed by atoms with Crippen LogP contribution in [0.4, 0.5) is 10.8 Å². The number of fused-ring (bicyclic) bond motifs is 1. The molecule has 5 nitrogen and oxygen atoms in total. The Labute approximate surface area is 199 Å². The van der Waals surface area contributed by atoms with Crippen molar-refractivity contribution in [1.29, 1.82) is 0 Å². The van der Waals surface area contributed by atoms with Crippen LogP contribution in [0.1, 0.15) is 12.5 Å². The third kappa shape index (κ3) is 5.88. The zero-order chi connectivity index (χ0) is 22.5. The van der Waals surface area contributed by atoms with Crippen LogP contribution in [-0.4, -0.2) is 22.0 Å². The highest BCUT2D eigenvalue weighted by Crippen LogP contribution is 2.28. The van der Waals surface area contributed by atoms with Crippen LogP contribution < -0.4 is 10.6 Å². The first-order valence-corrected chi connectivity index (χ1v) is 12.0. The molecule has 32 heavy (non-hydrogen) atoms. The van der Waals surface area contributed by atoms with Gasteiger partial charge in [0.25, 0.3) is 0 Å². The molecule has 0 fully saturated rings. The molecule has 4 rings (SSSR count). The SMILES string of the molecule is CC(Sc1ccc(NC(=O)Cc2ccc(Cl)cc2)cc1)C(=O)Nc1nc2ccccc2s1. The van der Waals surface area contributed by atoms with Crippen LogP contribution in [-0.2, 0) is 16.0 Å². The number of rotatable bonds is 7. The molecule has 1 aromatic heterocycles. The van der Waals surface area contributed by atoms with E-state index in [1.165, 1.54) is 23.1 Å². The molecule has 0 aliphatic heterocycles. The van der Waals surface area contributed by atoms with Gasteiger partial charge in [0.2, 0.25) is 11.8 Å². The average Bonchev–Trinajstić information content (AvgIpc) is 3.19. The van der Waals surface area contributed by atoms with Crippen molar-refractivity contribution in [3.05, 3.63) is 83.4 Å². The molecule has 1 atom stereocenters. The highest BCUT2D eigenvalue weighted by molar-refractivity contribution is 8.00. The van der Waals surface area contributed by atoms with Gasteiger partial charge in [-0.3, -0.25) is 9.59 Å². The number of thiazole rings is 1. The van der Waals surface area contributed by atoms with Gasteiger partial charge in [0.05, 0.1) is 21.9 Å². The second-order valence-electron chi connectivity index (χ2n) is 7.11. The summed E-state index contributed by atoms with van der Waals surface area (Å²) in [5, 5.41) is 6.73. The van der Waals surface area contributed by atoms with Crippen molar-refractivity contribution in [2.24, 2.45) is 0 Å². The van der Waals surface area contributed by atoms with E-state index in [9.17, 15) is 9.59 Å². The van der Waals surface area contributed by atoms with Crippen LogP contribution >= 0.6 is 34.7 Å². The van der Waals surface area contributed by atoms with E-state index in [-0.39, 0.29) is 23.5 Å². The van der Waals surface area contributed by atoms with E-state index in [1.54, 1.807) is 12.1 Å². The van der Waals surface area contributed by atoms with Crippen LogP contribution in [0.15, 0.2) is 77.7 Å². The summed E-state index contributed by atoms with van der Waals surface area (Å²) in [6.45, 7) is 1.86. The van der Waals surface area contributed by atoms with E-state index in [1.807, 2.05) is 67.6 Å². The molecule has 2 N–H and O–H groups in total. The Balaban J connectivity index is 1.29. The Morgan fingerprint density at radius 1 is 1.00 bits per heavy atom. The molecule has 8 heteroatoms. The first kappa shape index (κ1) is 22.3. The third-order valence-corrected chi connectivity index (χ3v) is 6.94. The summed E-state index contributed by atoms with van der Waals surface area (Å²) in [6, 6.07) is 22.4. The molecule has 1 heterocycles. The number of amides is 2. The molecule has 2 amide bonds. The lowest BCUT2D eigenvalue weighted by atomic mass is 10.1. The van der Waals surface area contributed by atoms with Crippen molar-refractivity contribution in [3.63, 3.8) is 0 Å². The monoisotopic (exact) mass is 481 g/mol. The zero-order valence-corrected chi connectivity index (χ0v) is 19.6. The normalized spacial score (nSPS) is 11.8. The number of para-hydroxylation sites is 1. The summed E-state index contributed by atoms with van der Waals surface area (Å²) in [7, 11) is 0. The highest BCUT2D eigenvalue weighted by atomic mass is 35.5. The highest BCUT2D eigenvalue weighted by Gasteiger charge is 2.16. The van der Waals surface area contributed by atoms with Crippen LogP contribution in [0.2, 0.25) is 5.02 Å². The lowest BCUT2D eigenvalue weighted by Crippen LogP contribution is -2.22. The smallest absolute Gasteiger partial charge is 0.239 e. The predicted octanol–water partition coefficient (Wildman–Crippen LogP) is 6.25. The molecule has 3 aromatic carbocycles. The van der Waals surface area contributed by atoms with E-state index < -0.39 is 0 Å². The van der Waals surface area contributed by atoms with Gasteiger partial charge < -0.3 is 10.6 Å². The summed E-state index contributed by atoms with van der Waals surface area (Å²) in [5.74, 6) is -0.203. The van der Waals surface area contributed by atoms with Crippen LogP contribution in [0.25, 0.3) is 10.2 Å². The van der Waals surface area contributed by atoms with E-state index in [4.69, 9.17) is 11.6 Å². The van der Waals surface area contributed by atoms with E-state index >= 15 is 0 Å². The number of thioether (sulfide) groups is 1. The molecular weight excluding hydrogens is 462 g/mol. The number of hydrogen-bond donors (Lipinski definition) is 2. The van der Waals surface area contributed by atoms with Gasteiger partial charge in [-0.05, 0) is 61.0 Å². The fraction of sp³-hybridized carbons (Fsp3) is 0.125. The van der Waals surface area contributed by atoms with E-state index in [0.717, 1.165) is 20.7 Å². The van der Waals surface area contributed by atoms with Crippen molar-refractivity contribution in [1.82, 2.24) is 4.98 Å². The predicted molar refractivity (Wildman–Crippen MR) is 134 cm³/mol. The van der Waals surface area contributed by atoms with Gasteiger partial charge in [0.15, 0.2) is 5.13 Å². The molecule has 1 unspecified atom stereocenters. The molecule has 0 aliphatic carbocycles. The molecule has 162 valence electrons. The molecule has 0 spiro atoms. The minimum atomic E-state index is -0.299. The number of carbonyl (C=O) groups excluding carboxylic acids is 2. The maximum Gasteiger partial charge on any atom is 0.239 e. The minimum absolute atomic E-state index is 0.101. The quantitative estimate of drug-likeness (QED) is 0.306. The van der Waals surface area contributed by atoms with Gasteiger partial charge in [0, 0.05) is 15.6 Å². The number of benzene rings is 3. The van der Waals surface area contributed by atoms with Gasteiger partial charge in [0.1, 0.15) is 0 Å². The first-order chi connectivity index (χ1) is 15.5. The molecule has 4 aromatic rings. The minimum Gasteiger partial charge on any atom is -0.326 e. The van der Waals surface area contributed by atoms with Crippen molar-refractivity contribution in [2.75, 3.05) is 10.6 Å².